The average molecular weight is 188 g/mol. The number of hydrogen-bond donors (Lipinski definition) is 0. The van der Waals surface area contributed by atoms with Gasteiger partial charge in [-0.05, 0) is 12.1 Å². The first kappa shape index (κ1) is 9.09. The predicted molar refractivity (Wildman–Crippen MR) is 59.1 cm³/mol. The van der Waals surface area contributed by atoms with Crippen LogP contribution in [-0.4, -0.2) is 31.1 Å². The van der Waals surface area contributed by atoms with Crippen LogP contribution in [0.1, 0.15) is 0 Å². The molecule has 0 saturated carbocycles. The summed E-state index contributed by atoms with van der Waals surface area (Å²) in [6.07, 6.45) is 1.63. The van der Waals surface area contributed by atoms with E-state index in [1.165, 1.54) is 0 Å². The molecule has 72 valence electrons. The minimum Gasteiger partial charge on any atom is -0.281 e. The third-order valence-electron chi connectivity index (χ3n) is 2.16. The molecule has 14 heavy (non-hydrogen) atoms. The molecule has 0 spiro atoms. The van der Waals surface area contributed by atoms with Crippen LogP contribution in [0.15, 0.2) is 30.6 Å². The van der Waals surface area contributed by atoms with Crippen molar-refractivity contribution in [3.05, 3.63) is 30.6 Å². The first-order chi connectivity index (χ1) is 6.59. The Hall–Kier alpha value is -1.48. The molecular weight excluding hydrogens is 174 g/mol. The Kier molecular flexibility index (Phi) is 1.97. The fourth-order valence-corrected chi connectivity index (χ4v) is 1.53. The first-order valence-electron chi connectivity index (χ1n) is 4.61. The molecule has 0 fully saturated rings. The Balaban J connectivity index is 2.78. The molecule has 2 aromatic rings. The number of aromatic nitrogens is 2. The molecule has 2 rings (SSSR count). The van der Waals surface area contributed by atoms with Crippen molar-refractivity contribution in [1.82, 2.24) is 14.5 Å². The molecule has 0 saturated heterocycles. The summed E-state index contributed by atoms with van der Waals surface area (Å²) in [5.74, 6) is 1.05. The quantitative estimate of drug-likeness (QED) is 0.638. The van der Waals surface area contributed by atoms with Crippen molar-refractivity contribution in [1.29, 1.82) is 0 Å². The van der Waals surface area contributed by atoms with Gasteiger partial charge in [0.25, 0.3) is 0 Å². The Morgan fingerprint density at radius 2 is 1.71 bits per heavy atom. The largest absolute Gasteiger partial charge is 0.281 e. The summed E-state index contributed by atoms with van der Waals surface area (Å²) >= 11 is 0. The van der Waals surface area contributed by atoms with Crippen LogP contribution in [-0.2, 0) is 0 Å². The number of rotatable bonds is 1. The van der Waals surface area contributed by atoms with Gasteiger partial charge in [0.2, 0.25) is 5.82 Å². The zero-order chi connectivity index (χ0) is 10.2. The second-order valence-electron chi connectivity index (χ2n) is 4.23. The van der Waals surface area contributed by atoms with Crippen LogP contribution in [0.2, 0.25) is 0 Å². The monoisotopic (exact) mass is 188 g/mol. The molecule has 0 radical (unpaired) electrons. The number of fused-ring (bicyclic) bond motifs is 1. The molecule has 0 aliphatic heterocycles. The van der Waals surface area contributed by atoms with Gasteiger partial charge in [-0.1, -0.05) is 12.1 Å². The molecule has 1 heterocycles. The van der Waals surface area contributed by atoms with E-state index >= 15 is 0 Å². The molecule has 0 atom stereocenters. The van der Waals surface area contributed by atoms with Crippen LogP contribution in [0.4, 0.5) is 5.82 Å². The minimum atomic E-state index is 0.711. The molecule has 1 aromatic carbocycles. The van der Waals surface area contributed by atoms with Crippen LogP contribution in [0, 0.1) is 0 Å². The fourth-order valence-electron chi connectivity index (χ4n) is 1.53. The number of nitrogens with zero attached hydrogens (tertiary/aromatic N) is 3. The van der Waals surface area contributed by atoms with E-state index < -0.39 is 0 Å². The summed E-state index contributed by atoms with van der Waals surface area (Å²) in [4.78, 5) is 8.57. The topological polar surface area (TPSA) is 25.8 Å². The lowest BCUT2D eigenvalue weighted by atomic mass is 10.2. The molecule has 0 unspecified atom stereocenters. The van der Waals surface area contributed by atoms with Gasteiger partial charge in [-0.25, -0.2) is 4.98 Å². The summed E-state index contributed by atoms with van der Waals surface area (Å²) in [6.45, 7) is 0. The second-order valence-corrected chi connectivity index (χ2v) is 4.23. The SMILES string of the molecule is C[N+](C)(C)c1ncnc2ccccc12. The van der Waals surface area contributed by atoms with Crippen molar-refractivity contribution < 1.29 is 0 Å². The molecule has 1 aromatic heterocycles. The maximum Gasteiger partial charge on any atom is 0.237 e. The highest BCUT2D eigenvalue weighted by molar-refractivity contribution is 5.87. The summed E-state index contributed by atoms with van der Waals surface area (Å²) in [7, 11) is 6.32. The molecule has 3 heteroatoms. The zero-order valence-electron chi connectivity index (χ0n) is 8.73. The lowest BCUT2D eigenvalue weighted by Gasteiger charge is -2.22. The summed E-state index contributed by atoms with van der Waals surface area (Å²) in [5.41, 5.74) is 1.01. The van der Waals surface area contributed by atoms with Gasteiger partial charge in [0, 0.05) is 0 Å². The maximum absolute atomic E-state index is 4.34. The molecule has 0 aliphatic rings. The van der Waals surface area contributed by atoms with Crippen molar-refractivity contribution in [3.63, 3.8) is 0 Å². The number of hydrogen-bond acceptors (Lipinski definition) is 2. The van der Waals surface area contributed by atoms with Crippen molar-refractivity contribution in [2.24, 2.45) is 0 Å². The molecule has 3 nitrogen and oxygen atoms in total. The highest BCUT2D eigenvalue weighted by Crippen LogP contribution is 2.23. The van der Waals surface area contributed by atoms with E-state index in [0.717, 1.165) is 16.7 Å². The van der Waals surface area contributed by atoms with Gasteiger partial charge in [-0.2, -0.15) is 4.98 Å². The van der Waals surface area contributed by atoms with Gasteiger partial charge in [-0.15, -0.1) is 0 Å². The first-order valence-corrected chi connectivity index (χ1v) is 4.61. The molecule has 0 aliphatic carbocycles. The van der Waals surface area contributed by atoms with E-state index in [2.05, 4.69) is 37.2 Å². The third-order valence-corrected chi connectivity index (χ3v) is 2.16. The highest BCUT2D eigenvalue weighted by atomic mass is 15.3. The average Bonchev–Trinajstić information content (AvgIpc) is 2.15. The van der Waals surface area contributed by atoms with Gasteiger partial charge >= 0.3 is 0 Å². The van der Waals surface area contributed by atoms with E-state index in [9.17, 15) is 0 Å². The van der Waals surface area contributed by atoms with Crippen molar-refractivity contribution in [2.45, 2.75) is 0 Å². The van der Waals surface area contributed by atoms with E-state index in [0.29, 0.717) is 4.48 Å². The molecule has 0 amide bonds. The molecule has 0 bridgehead atoms. The number of quaternary nitrogens is 1. The summed E-state index contributed by atoms with van der Waals surface area (Å²) in [6, 6.07) is 8.09. The van der Waals surface area contributed by atoms with Gasteiger partial charge in [-0.3, -0.25) is 4.48 Å². The van der Waals surface area contributed by atoms with E-state index in [1.807, 2.05) is 18.2 Å². The second kappa shape index (κ2) is 3.03. The minimum absolute atomic E-state index is 0.711. The fraction of sp³-hybridized carbons (Fsp3) is 0.273. The Labute approximate surface area is 83.6 Å². The van der Waals surface area contributed by atoms with Crippen LogP contribution in [0.3, 0.4) is 0 Å². The maximum atomic E-state index is 4.34. The molecular formula is C11H14N3+. The van der Waals surface area contributed by atoms with Gasteiger partial charge < -0.3 is 0 Å². The number of para-hydroxylation sites is 1. The van der Waals surface area contributed by atoms with E-state index in [1.54, 1.807) is 6.33 Å². The smallest absolute Gasteiger partial charge is 0.237 e. The number of benzene rings is 1. The normalized spacial score (nSPS) is 11.9. The molecule has 0 N–H and O–H groups in total. The Morgan fingerprint density at radius 3 is 2.43 bits per heavy atom. The Bertz CT molecular complexity index is 452. The van der Waals surface area contributed by atoms with E-state index in [4.69, 9.17) is 0 Å². The summed E-state index contributed by atoms with van der Waals surface area (Å²) in [5, 5.41) is 1.13. The van der Waals surface area contributed by atoms with Crippen LogP contribution < -0.4 is 4.48 Å². The van der Waals surface area contributed by atoms with Crippen molar-refractivity contribution in [2.75, 3.05) is 21.1 Å². The lowest BCUT2D eigenvalue weighted by molar-refractivity contribution is 0.476. The Morgan fingerprint density at radius 1 is 1.00 bits per heavy atom. The van der Waals surface area contributed by atoms with Crippen molar-refractivity contribution in [3.8, 4) is 0 Å². The predicted octanol–water partition coefficient (Wildman–Crippen LogP) is 1.83. The summed E-state index contributed by atoms with van der Waals surface area (Å²) < 4.78 is 0.711. The van der Waals surface area contributed by atoms with Crippen LogP contribution in [0.5, 0.6) is 0 Å². The van der Waals surface area contributed by atoms with Crippen LogP contribution >= 0.6 is 0 Å². The van der Waals surface area contributed by atoms with E-state index in [-0.39, 0.29) is 0 Å². The van der Waals surface area contributed by atoms with Gasteiger partial charge in [0.1, 0.15) is 6.33 Å². The van der Waals surface area contributed by atoms with Gasteiger partial charge in [0.05, 0.1) is 32.0 Å². The van der Waals surface area contributed by atoms with Crippen LogP contribution in [0.25, 0.3) is 10.9 Å². The van der Waals surface area contributed by atoms with Gasteiger partial charge in [0.15, 0.2) is 0 Å². The third kappa shape index (κ3) is 1.46. The van der Waals surface area contributed by atoms with Crippen molar-refractivity contribution >= 4 is 16.7 Å². The lowest BCUT2D eigenvalue weighted by Crippen LogP contribution is -2.35. The zero-order valence-corrected chi connectivity index (χ0v) is 8.73. The highest BCUT2D eigenvalue weighted by Gasteiger charge is 2.17. The standard InChI is InChI=1S/C11H14N3/c1-14(2,3)11-9-6-4-5-7-10(9)12-8-13-11/h4-8H,1-3H3/q+1.